The zero-order chi connectivity index (χ0) is 12.8. The third-order valence-electron chi connectivity index (χ3n) is 3.30. The molecule has 1 aliphatic rings. The lowest BCUT2D eigenvalue weighted by Crippen LogP contribution is -2.34. The highest BCUT2D eigenvalue weighted by molar-refractivity contribution is 6.35. The molecule has 1 aromatic rings. The van der Waals surface area contributed by atoms with E-state index in [1.165, 1.54) is 19.3 Å². The van der Waals surface area contributed by atoms with Crippen molar-refractivity contribution in [3.63, 3.8) is 0 Å². The number of hydrogen-bond acceptors (Lipinski definition) is 2. The highest BCUT2D eigenvalue weighted by Gasteiger charge is 2.11. The van der Waals surface area contributed by atoms with Gasteiger partial charge in [0, 0.05) is 22.7 Å². The molecule has 1 fully saturated rings. The van der Waals surface area contributed by atoms with Crippen LogP contribution in [-0.2, 0) is 11.3 Å². The molecule has 0 radical (unpaired) electrons. The Hall–Kier alpha value is -0.280. The molecule has 18 heavy (non-hydrogen) atoms. The molecular weight excluding hydrogens is 269 g/mol. The van der Waals surface area contributed by atoms with E-state index in [1.807, 2.05) is 12.1 Å². The van der Waals surface area contributed by atoms with Crippen molar-refractivity contribution in [3.8, 4) is 0 Å². The van der Waals surface area contributed by atoms with Crippen molar-refractivity contribution in [2.45, 2.75) is 38.3 Å². The van der Waals surface area contributed by atoms with E-state index in [4.69, 9.17) is 27.9 Å². The molecule has 100 valence electrons. The Balaban J connectivity index is 1.68. The van der Waals surface area contributed by atoms with Gasteiger partial charge in [-0.1, -0.05) is 35.7 Å². The summed E-state index contributed by atoms with van der Waals surface area (Å²) in [5.41, 5.74) is 0.998. The summed E-state index contributed by atoms with van der Waals surface area (Å²) >= 11 is 11.9. The van der Waals surface area contributed by atoms with Crippen molar-refractivity contribution in [2.24, 2.45) is 0 Å². The van der Waals surface area contributed by atoms with Gasteiger partial charge < -0.3 is 10.1 Å². The fourth-order valence-electron chi connectivity index (χ4n) is 2.22. The number of nitrogens with one attached hydrogen (secondary N) is 1. The van der Waals surface area contributed by atoms with Gasteiger partial charge in [0.2, 0.25) is 0 Å². The molecular formula is C14H19Cl2NO. The van der Waals surface area contributed by atoms with Crippen LogP contribution in [0.1, 0.15) is 31.2 Å². The Bertz CT molecular complexity index is 378. The molecule has 0 saturated carbocycles. The van der Waals surface area contributed by atoms with Crippen molar-refractivity contribution < 1.29 is 4.74 Å². The van der Waals surface area contributed by atoms with Gasteiger partial charge in [0.1, 0.15) is 0 Å². The van der Waals surface area contributed by atoms with Crippen LogP contribution in [0, 0.1) is 0 Å². The third-order valence-corrected chi connectivity index (χ3v) is 3.88. The molecule has 4 heteroatoms. The van der Waals surface area contributed by atoms with Gasteiger partial charge in [-0.3, -0.25) is 0 Å². The second-order valence-corrected chi connectivity index (χ2v) is 5.57. The van der Waals surface area contributed by atoms with Gasteiger partial charge in [-0.05, 0) is 43.5 Å². The summed E-state index contributed by atoms with van der Waals surface area (Å²) in [7, 11) is 0. The lowest BCUT2D eigenvalue weighted by Gasteiger charge is -2.23. The fourth-order valence-corrected chi connectivity index (χ4v) is 2.68. The molecule has 0 spiro atoms. The number of benzene rings is 1. The summed E-state index contributed by atoms with van der Waals surface area (Å²) in [6.07, 6.45) is 4.98. The van der Waals surface area contributed by atoms with Gasteiger partial charge in [0.25, 0.3) is 0 Å². The van der Waals surface area contributed by atoms with Crippen molar-refractivity contribution in [2.75, 3.05) is 13.2 Å². The minimum atomic E-state index is 0.558. The molecule has 0 amide bonds. The van der Waals surface area contributed by atoms with Crippen LogP contribution in [0.2, 0.25) is 10.0 Å². The Kier molecular flexibility index (Phi) is 5.77. The summed E-state index contributed by atoms with van der Waals surface area (Å²) in [5, 5.41) is 4.85. The molecule has 2 nitrogen and oxygen atoms in total. The zero-order valence-corrected chi connectivity index (χ0v) is 11.9. The van der Waals surface area contributed by atoms with Gasteiger partial charge in [-0.15, -0.1) is 0 Å². The predicted molar refractivity (Wildman–Crippen MR) is 76.4 cm³/mol. The molecule has 0 bridgehead atoms. The topological polar surface area (TPSA) is 21.3 Å². The number of piperidine rings is 1. The van der Waals surface area contributed by atoms with Crippen molar-refractivity contribution in [3.05, 3.63) is 33.8 Å². The minimum absolute atomic E-state index is 0.558. The summed E-state index contributed by atoms with van der Waals surface area (Å²) in [5.74, 6) is 0. The highest BCUT2D eigenvalue weighted by Crippen LogP contribution is 2.21. The Morgan fingerprint density at radius 3 is 2.89 bits per heavy atom. The van der Waals surface area contributed by atoms with Crippen molar-refractivity contribution in [1.82, 2.24) is 5.32 Å². The van der Waals surface area contributed by atoms with Crippen LogP contribution in [0.25, 0.3) is 0 Å². The van der Waals surface area contributed by atoms with E-state index < -0.39 is 0 Å². The first-order valence-corrected chi connectivity index (χ1v) is 7.26. The van der Waals surface area contributed by atoms with E-state index in [9.17, 15) is 0 Å². The maximum Gasteiger partial charge on any atom is 0.0731 e. The lowest BCUT2D eigenvalue weighted by atomic mass is 10.0. The quantitative estimate of drug-likeness (QED) is 0.826. The number of halogens is 2. The average molecular weight is 288 g/mol. The van der Waals surface area contributed by atoms with Crippen LogP contribution in [0.3, 0.4) is 0 Å². The predicted octanol–water partition coefficient (Wildman–Crippen LogP) is 4.04. The second-order valence-electron chi connectivity index (χ2n) is 4.72. The zero-order valence-electron chi connectivity index (χ0n) is 10.4. The van der Waals surface area contributed by atoms with Gasteiger partial charge in [-0.25, -0.2) is 0 Å². The fraction of sp³-hybridized carbons (Fsp3) is 0.571. The monoisotopic (exact) mass is 287 g/mol. The maximum absolute atomic E-state index is 6.08. The largest absolute Gasteiger partial charge is 0.377 e. The molecule has 1 aromatic carbocycles. The standard InChI is InChI=1S/C14H19Cl2NO/c15-12-5-4-11(14(16)9-12)10-18-8-6-13-3-1-2-7-17-13/h4-5,9,13,17H,1-3,6-8,10H2/t13-/m0/s1. The first-order valence-electron chi connectivity index (χ1n) is 6.51. The summed E-state index contributed by atoms with van der Waals surface area (Å²) in [6.45, 7) is 2.48. The van der Waals surface area contributed by atoms with E-state index >= 15 is 0 Å². The van der Waals surface area contributed by atoms with Gasteiger partial charge in [-0.2, -0.15) is 0 Å². The molecule has 0 aliphatic carbocycles. The minimum Gasteiger partial charge on any atom is -0.377 e. The van der Waals surface area contributed by atoms with E-state index in [0.717, 1.165) is 25.1 Å². The third kappa shape index (κ3) is 4.43. The second kappa shape index (κ2) is 7.34. The van der Waals surface area contributed by atoms with Gasteiger partial charge >= 0.3 is 0 Å². The van der Waals surface area contributed by atoms with E-state index in [1.54, 1.807) is 6.07 Å². The number of hydrogen-bond donors (Lipinski definition) is 1. The Morgan fingerprint density at radius 1 is 1.28 bits per heavy atom. The van der Waals surface area contributed by atoms with Crippen LogP contribution in [0.15, 0.2) is 18.2 Å². The molecule has 0 unspecified atom stereocenters. The van der Waals surface area contributed by atoms with Crippen LogP contribution in [0.5, 0.6) is 0 Å². The number of rotatable bonds is 5. The summed E-state index contributed by atoms with van der Waals surface area (Å²) in [6, 6.07) is 6.14. The van der Waals surface area contributed by atoms with Gasteiger partial charge in [0.05, 0.1) is 6.61 Å². The van der Waals surface area contributed by atoms with E-state index in [-0.39, 0.29) is 0 Å². The van der Waals surface area contributed by atoms with E-state index in [2.05, 4.69) is 5.32 Å². The lowest BCUT2D eigenvalue weighted by molar-refractivity contribution is 0.108. The van der Waals surface area contributed by atoms with E-state index in [0.29, 0.717) is 22.7 Å². The molecule has 1 N–H and O–H groups in total. The average Bonchev–Trinajstić information content (AvgIpc) is 2.38. The SMILES string of the molecule is Clc1ccc(COCC[C@@H]2CCCCN2)c(Cl)c1. The van der Waals surface area contributed by atoms with Crippen LogP contribution in [-0.4, -0.2) is 19.2 Å². The molecule has 1 heterocycles. The molecule has 1 aliphatic heterocycles. The first-order chi connectivity index (χ1) is 8.75. The summed E-state index contributed by atoms with van der Waals surface area (Å²) < 4.78 is 5.68. The normalized spacial score (nSPS) is 20.0. The van der Waals surface area contributed by atoms with Crippen molar-refractivity contribution >= 4 is 23.2 Å². The van der Waals surface area contributed by atoms with Crippen LogP contribution < -0.4 is 5.32 Å². The van der Waals surface area contributed by atoms with Gasteiger partial charge in [0.15, 0.2) is 0 Å². The van der Waals surface area contributed by atoms with Crippen LogP contribution in [0.4, 0.5) is 0 Å². The highest BCUT2D eigenvalue weighted by atomic mass is 35.5. The Morgan fingerprint density at radius 2 is 2.17 bits per heavy atom. The molecule has 1 atom stereocenters. The summed E-state index contributed by atoms with van der Waals surface area (Å²) in [4.78, 5) is 0. The smallest absolute Gasteiger partial charge is 0.0731 e. The molecule has 1 saturated heterocycles. The van der Waals surface area contributed by atoms with Crippen LogP contribution >= 0.6 is 23.2 Å². The first kappa shape index (κ1) is 14.1. The Labute approximate surface area is 119 Å². The molecule has 0 aromatic heterocycles. The number of ether oxygens (including phenoxy) is 1. The maximum atomic E-state index is 6.08. The molecule has 2 rings (SSSR count). The van der Waals surface area contributed by atoms with Crippen molar-refractivity contribution in [1.29, 1.82) is 0 Å².